The third-order valence-corrected chi connectivity index (χ3v) is 3.75. The lowest BCUT2D eigenvalue weighted by molar-refractivity contribution is 0.263. The number of nitrogens with two attached hydrogens (primary N) is 1. The van der Waals surface area contributed by atoms with Crippen molar-refractivity contribution < 1.29 is 5.11 Å². The van der Waals surface area contributed by atoms with Gasteiger partial charge in [-0.3, -0.25) is 0 Å². The molecule has 2 rings (SSSR count). The highest BCUT2D eigenvalue weighted by molar-refractivity contribution is 6.39. The van der Waals surface area contributed by atoms with Gasteiger partial charge in [0.2, 0.25) is 0 Å². The SMILES string of the molecule is Nc1cc(Cl)c(N2CCC(CCO)C2)c(Cl)c1. The van der Waals surface area contributed by atoms with Gasteiger partial charge in [-0.2, -0.15) is 0 Å². The number of aliphatic hydroxyl groups excluding tert-OH is 1. The lowest BCUT2D eigenvalue weighted by Crippen LogP contribution is -2.20. The number of hydrogen-bond acceptors (Lipinski definition) is 3. The summed E-state index contributed by atoms with van der Waals surface area (Å²) in [7, 11) is 0. The first kappa shape index (κ1) is 12.8. The van der Waals surface area contributed by atoms with Crippen LogP contribution >= 0.6 is 23.2 Å². The van der Waals surface area contributed by atoms with E-state index in [9.17, 15) is 0 Å². The second kappa shape index (κ2) is 5.34. The first-order valence-corrected chi connectivity index (χ1v) is 6.47. The van der Waals surface area contributed by atoms with Crippen LogP contribution in [-0.2, 0) is 0 Å². The molecule has 1 aromatic carbocycles. The highest BCUT2D eigenvalue weighted by Crippen LogP contribution is 2.38. The van der Waals surface area contributed by atoms with Crippen LogP contribution in [0.25, 0.3) is 0 Å². The van der Waals surface area contributed by atoms with E-state index in [2.05, 4.69) is 4.90 Å². The predicted molar refractivity (Wildman–Crippen MR) is 72.9 cm³/mol. The van der Waals surface area contributed by atoms with Crippen LogP contribution in [0.15, 0.2) is 12.1 Å². The van der Waals surface area contributed by atoms with Crippen LogP contribution in [0.5, 0.6) is 0 Å². The zero-order valence-electron chi connectivity index (χ0n) is 9.50. The van der Waals surface area contributed by atoms with Gasteiger partial charge in [0.1, 0.15) is 0 Å². The average molecular weight is 275 g/mol. The van der Waals surface area contributed by atoms with Gasteiger partial charge in [-0.15, -0.1) is 0 Å². The minimum atomic E-state index is 0.238. The van der Waals surface area contributed by atoms with E-state index in [0.717, 1.165) is 31.6 Å². The zero-order chi connectivity index (χ0) is 12.4. The van der Waals surface area contributed by atoms with Crippen molar-refractivity contribution in [1.82, 2.24) is 0 Å². The molecule has 3 nitrogen and oxygen atoms in total. The maximum atomic E-state index is 8.94. The molecule has 1 aromatic rings. The van der Waals surface area contributed by atoms with Crippen molar-refractivity contribution >= 4 is 34.6 Å². The van der Waals surface area contributed by atoms with E-state index < -0.39 is 0 Å². The molecule has 0 spiro atoms. The van der Waals surface area contributed by atoms with E-state index in [0.29, 0.717) is 21.7 Å². The molecule has 1 aliphatic heterocycles. The van der Waals surface area contributed by atoms with Crippen molar-refractivity contribution in [2.24, 2.45) is 5.92 Å². The molecule has 0 aromatic heterocycles. The Morgan fingerprint density at radius 1 is 1.35 bits per heavy atom. The van der Waals surface area contributed by atoms with E-state index in [1.807, 2.05) is 0 Å². The second-order valence-electron chi connectivity index (χ2n) is 4.45. The van der Waals surface area contributed by atoms with Crippen molar-refractivity contribution in [1.29, 1.82) is 0 Å². The molecule has 0 radical (unpaired) electrons. The molecule has 94 valence electrons. The van der Waals surface area contributed by atoms with E-state index >= 15 is 0 Å². The summed E-state index contributed by atoms with van der Waals surface area (Å²) in [6, 6.07) is 3.45. The van der Waals surface area contributed by atoms with Crippen molar-refractivity contribution in [3.63, 3.8) is 0 Å². The molecule has 0 bridgehead atoms. The van der Waals surface area contributed by atoms with Crippen molar-refractivity contribution in [3.8, 4) is 0 Å². The van der Waals surface area contributed by atoms with Crippen LogP contribution in [0.4, 0.5) is 11.4 Å². The van der Waals surface area contributed by atoms with Crippen molar-refractivity contribution in [3.05, 3.63) is 22.2 Å². The minimum Gasteiger partial charge on any atom is -0.399 e. The molecule has 0 amide bonds. The quantitative estimate of drug-likeness (QED) is 0.834. The summed E-state index contributed by atoms with van der Waals surface area (Å²) in [4.78, 5) is 2.17. The van der Waals surface area contributed by atoms with Gasteiger partial charge in [0.15, 0.2) is 0 Å². The number of nitrogens with zero attached hydrogens (tertiary/aromatic N) is 1. The number of nitrogen functional groups attached to an aromatic ring is 1. The minimum absolute atomic E-state index is 0.238. The topological polar surface area (TPSA) is 49.5 Å². The molecule has 1 aliphatic rings. The summed E-state index contributed by atoms with van der Waals surface area (Å²) in [6.45, 7) is 2.06. The van der Waals surface area contributed by atoms with Crippen molar-refractivity contribution in [2.45, 2.75) is 12.8 Å². The number of hydrogen-bond donors (Lipinski definition) is 2. The van der Waals surface area contributed by atoms with Crippen LogP contribution in [0.1, 0.15) is 12.8 Å². The standard InChI is InChI=1S/C12H16Cl2N2O/c13-10-5-9(15)6-11(14)12(10)16-3-1-8(7-16)2-4-17/h5-6,8,17H,1-4,7,15H2. The summed E-state index contributed by atoms with van der Waals surface area (Å²) in [5, 5.41) is 10.1. The Morgan fingerprint density at radius 2 is 2.00 bits per heavy atom. The third kappa shape index (κ3) is 2.79. The van der Waals surface area contributed by atoms with Gasteiger partial charge in [0, 0.05) is 25.4 Å². The molecule has 0 saturated carbocycles. The Labute approximate surface area is 111 Å². The fourth-order valence-corrected chi connectivity index (χ4v) is 3.08. The average Bonchev–Trinajstić information content (AvgIpc) is 2.65. The molecule has 1 atom stereocenters. The van der Waals surface area contributed by atoms with E-state index in [1.54, 1.807) is 12.1 Å². The normalized spacial score (nSPS) is 19.9. The molecular weight excluding hydrogens is 259 g/mol. The molecule has 3 N–H and O–H groups in total. The molecule has 5 heteroatoms. The van der Waals surface area contributed by atoms with Crippen LogP contribution in [0.2, 0.25) is 10.0 Å². The number of rotatable bonds is 3. The van der Waals surface area contributed by atoms with Gasteiger partial charge >= 0.3 is 0 Å². The van der Waals surface area contributed by atoms with Gasteiger partial charge in [-0.1, -0.05) is 23.2 Å². The lowest BCUT2D eigenvalue weighted by Gasteiger charge is -2.21. The summed E-state index contributed by atoms with van der Waals surface area (Å²) in [5.74, 6) is 0.518. The monoisotopic (exact) mass is 274 g/mol. The fraction of sp³-hybridized carbons (Fsp3) is 0.500. The van der Waals surface area contributed by atoms with Crippen molar-refractivity contribution in [2.75, 3.05) is 30.3 Å². The summed E-state index contributed by atoms with van der Waals surface area (Å²) >= 11 is 12.4. The Kier molecular flexibility index (Phi) is 4.02. The number of aliphatic hydroxyl groups is 1. The largest absolute Gasteiger partial charge is 0.399 e. The maximum Gasteiger partial charge on any atom is 0.0746 e. The Hall–Kier alpha value is -0.640. The van der Waals surface area contributed by atoms with Crippen LogP contribution < -0.4 is 10.6 Å². The first-order valence-electron chi connectivity index (χ1n) is 5.72. The number of benzene rings is 1. The molecule has 1 fully saturated rings. The highest BCUT2D eigenvalue weighted by Gasteiger charge is 2.25. The fourth-order valence-electron chi connectivity index (χ4n) is 2.34. The molecule has 1 unspecified atom stereocenters. The maximum absolute atomic E-state index is 8.94. The lowest BCUT2D eigenvalue weighted by atomic mass is 10.1. The Morgan fingerprint density at radius 3 is 2.59 bits per heavy atom. The second-order valence-corrected chi connectivity index (χ2v) is 5.26. The smallest absolute Gasteiger partial charge is 0.0746 e. The van der Waals surface area contributed by atoms with Crippen LogP contribution in [0.3, 0.4) is 0 Å². The Bertz CT molecular complexity index is 388. The molecule has 1 saturated heterocycles. The van der Waals surface area contributed by atoms with Gasteiger partial charge in [0.25, 0.3) is 0 Å². The Balaban J connectivity index is 2.19. The third-order valence-electron chi connectivity index (χ3n) is 3.18. The van der Waals surface area contributed by atoms with Gasteiger partial charge in [-0.05, 0) is 30.9 Å². The van der Waals surface area contributed by atoms with Crippen LogP contribution in [-0.4, -0.2) is 24.8 Å². The molecule has 0 aliphatic carbocycles. The molecule has 17 heavy (non-hydrogen) atoms. The van der Waals surface area contributed by atoms with E-state index in [4.69, 9.17) is 34.0 Å². The number of anilines is 2. The van der Waals surface area contributed by atoms with Crippen LogP contribution in [0, 0.1) is 5.92 Å². The van der Waals surface area contributed by atoms with Gasteiger partial charge < -0.3 is 15.7 Å². The summed E-state index contributed by atoms with van der Waals surface area (Å²) in [6.07, 6.45) is 1.90. The van der Waals surface area contributed by atoms with Gasteiger partial charge in [0.05, 0.1) is 15.7 Å². The number of halogens is 2. The first-order chi connectivity index (χ1) is 8.11. The highest BCUT2D eigenvalue weighted by atomic mass is 35.5. The molecule has 1 heterocycles. The van der Waals surface area contributed by atoms with Gasteiger partial charge in [-0.25, -0.2) is 0 Å². The molecular formula is C12H16Cl2N2O. The van der Waals surface area contributed by atoms with E-state index in [-0.39, 0.29) is 6.61 Å². The zero-order valence-corrected chi connectivity index (χ0v) is 11.0. The van der Waals surface area contributed by atoms with E-state index in [1.165, 1.54) is 0 Å². The summed E-state index contributed by atoms with van der Waals surface area (Å²) in [5.41, 5.74) is 7.12. The predicted octanol–water partition coefficient (Wildman–Crippen LogP) is 2.78. The summed E-state index contributed by atoms with van der Waals surface area (Å²) < 4.78 is 0.